The Morgan fingerprint density at radius 1 is 1.12 bits per heavy atom. The summed E-state index contributed by atoms with van der Waals surface area (Å²) in [5, 5.41) is 3.12. The molecule has 2 aromatic carbocycles. The van der Waals surface area contributed by atoms with Crippen molar-refractivity contribution >= 4 is 27.5 Å². The van der Waals surface area contributed by atoms with E-state index in [1.807, 2.05) is 37.3 Å². The van der Waals surface area contributed by atoms with Crippen LogP contribution in [0.1, 0.15) is 18.5 Å². The highest BCUT2D eigenvalue weighted by atomic mass is 79.9. The lowest BCUT2D eigenvalue weighted by Gasteiger charge is -2.33. The summed E-state index contributed by atoms with van der Waals surface area (Å²) in [7, 11) is 0. The van der Waals surface area contributed by atoms with E-state index >= 15 is 0 Å². The minimum Gasteiger partial charge on any atom is -0.360 e. The lowest BCUT2D eigenvalue weighted by atomic mass is 10.1. The number of carbonyl (C=O) groups is 1. The first-order valence-electron chi connectivity index (χ1n) is 8.80. The first-order valence-corrected chi connectivity index (χ1v) is 9.59. The zero-order chi connectivity index (χ0) is 17.6. The van der Waals surface area contributed by atoms with E-state index in [9.17, 15) is 4.79 Å². The fourth-order valence-corrected chi connectivity index (χ4v) is 3.52. The molecule has 0 bridgehead atoms. The number of carbonyl (C=O) groups excluding carboxylic acids is 1. The van der Waals surface area contributed by atoms with Gasteiger partial charge in [0, 0.05) is 10.2 Å². The van der Waals surface area contributed by atoms with E-state index in [1.165, 1.54) is 10.6 Å². The Bertz CT molecular complexity index is 682. The van der Waals surface area contributed by atoms with Crippen LogP contribution < -0.4 is 15.1 Å². The zero-order valence-electron chi connectivity index (χ0n) is 14.5. The number of rotatable bonds is 5. The summed E-state index contributed by atoms with van der Waals surface area (Å²) >= 11 is 3.44. The van der Waals surface area contributed by atoms with Crippen molar-refractivity contribution in [3.8, 4) is 0 Å². The fourth-order valence-electron chi connectivity index (χ4n) is 3.25. The van der Waals surface area contributed by atoms with Crippen LogP contribution in [0.3, 0.4) is 0 Å². The SMILES string of the molecule is C[C@@H](NC(=O)C[NH+]1CCN(c2ccccc2)CC1)c1ccc(Br)cc1. The molecule has 1 fully saturated rings. The van der Waals surface area contributed by atoms with Crippen LogP contribution in [0.4, 0.5) is 5.69 Å². The molecule has 4 nitrogen and oxygen atoms in total. The van der Waals surface area contributed by atoms with Crippen molar-refractivity contribution in [1.29, 1.82) is 0 Å². The summed E-state index contributed by atoms with van der Waals surface area (Å²) in [6.45, 7) is 6.56. The summed E-state index contributed by atoms with van der Waals surface area (Å²) in [5.41, 5.74) is 2.40. The number of para-hydroxylation sites is 1. The monoisotopic (exact) mass is 402 g/mol. The number of nitrogens with one attached hydrogen (secondary N) is 2. The number of hydrogen-bond donors (Lipinski definition) is 2. The Morgan fingerprint density at radius 2 is 1.76 bits per heavy atom. The fraction of sp³-hybridized carbons (Fsp3) is 0.350. The maximum Gasteiger partial charge on any atom is 0.275 e. The third-order valence-electron chi connectivity index (χ3n) is 4.75. The van der Waals surface area contributed by atoms with E-state index in [2.05, 4.69) is 50.4 Å². The molecular formula is C20H25BrN3O+. The van der Waals surface area contributed by atoms with Crippen LogP contribution in [0.5, 0.6) is 0 Å². The van der Waals surface area contributed by atoms with E-state index in [4.69, 9.17) is 0 Å². The van der Waals surface area contributed by atoms with Crippen molar-refractivity contribution < 1.29 is 9.69 Å². The normalized spacial score (nSPS) is 16.5. The van der Waals surface area contributed by atoms with E-state index in [1.54, 1.807) is 0 Å². The Morgan fingerprint density at radius 3 is 2.40 bits per heavy atom. The summed E-state index contributed by atoms with van der Waals surface area (Å²) in [4.78, 5) is 16.1. The molecule has 1 heterocycles. The molecule has 1 saturated heterocycles. The molecule has 5 heteroatoms. The zero-order valence-corrected chi connectivity index (χ0v) is 16.1. The molecule has 0 aliphatic carbocycles. The molecule has 1 aliphatic heterocycles. The van der Waals surface area contributed by atoms with E-state index in [-0.39, 0.29) is 11.9 Å². The average Bonchev–Trinajstić information content (AvgIpc) is 2.63. The van der Waals surface area contributed by atoms with Gasteiger partial charge in [-0.05, 0) is 36.8 Å². The van der Waals surface area contributed by atoms with Gasteiger partial charge in [-0.25, -0.2) is 0 Å². The molecular weight excluding hydrogens is 378 g/mol. The van der Waals surface area contributed by atoms with Gasteiger partial charge in [-0.3, -0.25) is 4.79 Å². The number of anilines is 1. The highest BCUT2D eigenvalue weighted by Gasteiger charge is 2.23. The van der Waals surface area contributed by atoms with E-state index in [0.29, 0.717) is 6.54 Å². The van der Waals surface area contributed by atoms with Crippen LogP contribution in [-0.4, -0.2) is 38.6 Å². The molecule has 1 amide bonds. The van der Waals surface area contributed by atoms with Gasteiger partial charge in [0.25, 0.3) is 5.91 Å². The molecule has 0 spiro atoms. The predicted octanol–water partition coefficient (Wildman–Crippen LogP) is 2.03. The average molecular weight is 403 g/mol. The second-order valence-corrected chi connectivity index (χ2v) is 7.51. The molecule has 1 aliphatic rings. The summed E-state index contributed by atoms with van der Waals surface area (Å²) in [6.07, 6.45) is 0. The number of piperazine rings is 1. The number of halogens is 1. The second-order valence-electron chi connectivity index (χ2n) is 6.59. The van der Waals surface area contributed by atoms with E-state index < -0.39 is 0 Å². The largest absolute Gasteiger partial charge is 0.360 e. The highest BCUT2D eigenvalue weighted by Crippen LogP contribution is 2.16. The van der Waals surface area contributed by atoms with Crippen molar-refractivity contribution in [2.24, 2.45) is 0 Å². The maximum atomic E-state index is 12.4. The molecule has 0 unspecified atom stereocenters. The Hall–Kier alpha value is -1.85. The first-order chi connectivity index (χ1) is 12.1. The Balaban J connectivity index is 1.45. The molecule has 3 rings (SSSR count). The van der Waals surface area contributed by atoms with Gasteiger partial charge in [0.2, 0.25) is 0 Å². The van der Waals surface area contributed by atoms with Crippen molar-refractivity contribution in [3.63, 3.8) is 0 Å². The minimum atomic E-state index is 0.0330. The standard InChI is InChI=1S/C20H24BrN3O/c1-16(17-7-9-18(21)10-8-17)22-20(25)15-23-11-13-24(14-12-23)19-5-3-2-4-6-19/h2-10,16H,11-15H2,1H3,(H,22,25)/p+1/t16-/m1/s1. The van der Waals surface area contributed by atoms with Gasteiger partial charge < -0.3 is 15.1 Å². The van der Waals surface area contributed by atoms with E-state index in [0.717, 1.165) is 36.2 Å². The van der Waals surface area contributed by atoms with Crippen molar-refractivity contribution in [2.75, 3.05) is 37.6 Å². The van der Waals surface area contributed by atoms with Crippen LogP contribution in [0.2, 0.25) is 0 Å². The van der Waals surface area contributed by atoms with Crippen LogP contribution in [-0.2, 0) is 4.79 Å². The van der Waals surface area contributed by atoms with Gasteiger partial charge in [-0.15, -0.1) is 0 Å². The van der Waals surface area contributed by atoms with Gasteiger partial charge in [-0.2, -0.15) is 0 Å². The Labute approximate surface area is 158 Å². The molecule has 0 saturated carbocycles. The molecule has 0 aromatic heterocycles. The van der Waals surface area contributed by atoms with Crippen LogP contribution in [0.15, 0.2) is 59.1 Å². The Kier molecular flexibility index (Phi) is 6.10. The quantitative estimate of drug-likeness (QED) is 0.802. The van der Waals surface area contributed by atoms with Crippen LogP contribution in [0, 0.1) is 0 Å². The third kappa shape index (κ3) is 5.06. The maximum absolute atomic E-state index is 12.4. The van der Waals surface area contributed by atoms with Gasteiger partial charge in [-0.1, -0.05) is 46.3 Å². The van der Waals surface area contributed by atoms with Crippen LogP contribution >= 0.6 is 15.9 Å². The first kappa shape index (κ1) is 18.0. The minimum absolute atomic E-state index is 0.0330. The summed E-state index contributed by atoms with van der Waals surface area (Å²) in [6, 6.07) is 18.6. The molecule has 2 N–H and O–H groups in total. The van der Waals surface area contributed by atoms with Gasteiger partial charge in [0.15, 0.2) is 6.54 Å². The summed E-state index contributed by atoms with van der Waals surface area (Å²) in [5.74, 6) is 0.124. The number of quaternary nitrogens is 1. The number of hydrogen-bond acceptors (Lipinski definition) is 2. The number of nitrogens with zero attached hydrogens (tertiary/aromatic N) is 1. The molecule has 25 heavy (non-hydrogen) atoms. The molecule has 132 valence electrons. The molecule has 2 aromatic rings. The van der Waals surface area contributed by atoms with Gasteiger partial charge in [0.1, 0.15) is 0 Å². The van der Waals surface area contributed by atoms with Crippen molar-refractivity contribution in [2.45, 2.75) is 13.0 Å². The lowest BCUT2D eigenvalue weighted by Crippen LogP contribution is -3.15. The predicted molar refractivity (Wildman–Crippen MR) is 105 cm³/mol. The van der Waals surface area contributed by atoms with Crippen molar-refractivity contribution in [1.82, 2.24) is 5.32 Å². The molecule has 1 atom stereocenters. The summed E-state index contributed by atoms with van der Waals surface area (Å²) < 4.78 is 1.05. The number of amides is 1. The number of benzene rings is 2. The van der Waals surface area contributed by atoms with Gasteiger partial charge >= 0.3 is 0 Å². The smallest absolute Gasteiger partial charge is 0.275 e. The topological polar surface area (TPSA) is 36.8 Å². The lowest BCUT2D eigenvalue weighted by molar-refractivity contribution is -0.892. The third-order valence-corrected chi connectivity index (χ3v) is 5.28. The second kappa shape index (κ2) is 8.50. The molecule has 0 radical (unpaired) electrons. The van der Waals surface area contributed by atoms with Crippen molar-refractivity contribution in [3.05, 3.63) is 64.6 Å². The van der Waals surface area contributed by atoms with Gasteiger partial charge in [0.05, 0.1) is 32.2 Å². The highest BCUT2D eigenvalue weighted by molar-refractivity contribution is 9.10. The van der Waals surface area contributed by atoms with Crippen LogP contribution in [0.25, 0.3) is 0 Å².